The maximum absolute atomic E-state index is 12.7. The lowest BCUT2D eigenvalue weighted by Gasteiger charge is -2.08. The average Bonchev–Trinajstić information content (AvgIpc) is 2.36. The summed E-state index contributed by atoms with van der Waals surface area (Å²) >= 11 is 0. The van der Waals surface area contributed by atoms with Crippen LogP contribution in [-0.4, -0.2) is 10.2 Å². The number of phenolic OH excluding ortho intramolecular Hbond substituents is 2. The first-order chi connectivity index (χ1) is 9.77. The summed E-state index contributed by atoms with van der Waals surface area (Å²) in [5, 5.41) is 18.8. The standard InChI is InChI=1S/C14H7F3O4/c15-14(16,17)6-1-2-8-10(3-6)21-11-5-7(18)4-9(19)12(11)13(8)20/h1-5,18-19H. The molecule has 0 atom stereocenters. The molecule has 2 N–H and O–H groups in total. The van der Waals surface area contributed by atoms with Gasteiger partial charge in [0.1, 0.15) is 28.1 Å². The molecule has 0 unspecified atom stereocenters. The van der Waals surface area contributed by atoms with Crippen molar-refractivity contribution in [3.63, 3.8) is 0 Å². The Balaban J connectivity index is 2.45. The maximum Gasteiger partial charge on any atom is 0.416 e. The fourth-order valence-corrected chi connectivity index (χ4v) is 2.12. The number of phenols is 2. The molecule has 0 bridgehead atoms. The molecule has 0 amide bonds. The minimum Gasteiger partial charge on any atom is -0.508 e. The smallest absolute Gasteiger partial charge is 0.416 e. The van der Waals surface area contributed by atoms with Gasteiger partial charge in [-0.25, -0.2) is 0 Å². The van der Waals surface area contributed by atoms with Gasteiger partial charge in [0.2, 0.25) is 5.43 Å². The number of hydrogen-bond donors (Lipinski definition) is 2. The van der Waals surface area contributed by atoms with Crippen LogP contribution >= 0.6 is 0 Å². The zero-order chi connectivity index (χ0) is 15.4. The van der Waals surface area contributed by atoms with Gasteiger partial charge in [-0.2, -0.15) is 13.2 Å². The molecule has 108 valence electrons. The van der Waals surface area contributed by atoms with Crippen molar-refractivity contribution in [3.05, 3.63) is 46.1 Å². The van der Waals surface area contributed by atoms with E-state index in [1.54, 1.807) is 0 Å². The molecule has 0 fully saturated rings. The van der Waals surface area contributed by atoms with Crippen molar-refractivity contribution in [2.45, 2.75) is 6.18 Å². The molecule has 0 radical (unpaired) electrons. The average molecular weight is 296 g/mol. The van der Waals surface area contributed by atoms with Crippen LogP contribution in [0.2, 0.25) is 0 Å². The number of fused-ring (bicyclic) bond motifs is 2. The molecule has 7 heteroatoms. The van der Waals surface area contributed by atoms with E-state index in [9.17, 15) is 28.2 Å². The second-order valence-electron chi connectivity index (χ2n) is 4.48. The number of halogens is 3. The lowest BCUT2D eigenvalue weighted by Crippen LogP contribution is -2.07. The van der Waals surface area contributed by atoms with E-state index in [2.05, 4.69) is 0 Å². The third-order valence-corrected chi connectivity index (χ3v) is 3.07. The van der Waals surface area contributed by atoms with Crippen LogP contribution in [0.5, 0.6) is 11.5 Å². The van der Waals surface area contributed by atoms with Gasteiger partial charge in [0.15, 0.2) is 0 Å². The largest absolute Gasteiger partial charge is 0.508 e. The van der Waals surface area contributed by atoms with E-state index >= 15 is 0 Å². The van der Waals surface area contributed by atoms with Gasteiger partial charge in [0.25, 0.3) is 0 Å². The van der Waals surface area contributed by atoms with Crippen LogP contribution in [0.3, 0.4) is 0 Å². The van der Waals surface area contributed by atoms with Crippen LogP contribution in [0.15, 0.2) is 39.5 Å². The van der Waals surface area contributed by atoms with Crippen molar-refractivity contribution in [1.82, 2.24) is 0 Å². The zero-order valence-corrected chi connectivity index (χ0v) is 10.2. The summed E-state index contributed by atoms with van der Waals surface area (Å²) < 4.78 is 43.2. The fraction of sp³-hybridized carbons (Fsp3) is 0.0714. The van der Waals surface area contributed by atoms with Crippen molar-refractivity contribution in [2.75, 3.05) is 0 Å². The highest BCUT2D eigenvalue weighted by Crippen LogP contribution is 2.33. The maximum atomic E-state index is 12.7. The van der Waals surface area contributed by atoms with Crippen molar-refractivity contribution < 1.29 is 27.8 Å². The van der Waals surface area contributed by atoms with Gasteiger partial charge in [0.05, 0.1) is 10.9 Å². The highest BCUT2D eigenvalue weighted by atomic mass is 19.4. The molecule has 3 aromatic rings. The first kappa shape index (κ1) is 13.3. The minimum absolute atomic E-state index is 0.0866. The number of hydrogen-bond acceptors (Lipinski definition) is 4. The molecule has 1 aromatic heterocycles. The first-order valence-electron chi connectivity index (χ1n) is 5.77. The third kappa shape index (κ3) is 2.06. The molecular formula is C14H7F3O4. The van der Waals surface area contributed by atoms with Gasteiger partial charge in [0, 0.05) is 12.1 Å². The number of benzene rings is 2. The van der Waals surface area contributed by atoms with E-state index in [0.29, 0.717) is 6.07 Å². The molecule has 3 rings (SSSR count). The Morgan fingerprint density at radius 2 is 1.71 bits per heavy atom. The predicted octanol–water partition coefficient (Wildman–Crippen LogP) is 3.38. The van der Waals surface area contributed by atoms with Crippen LogP contribution in [0, 0.1) is 0 Å². The predicted molar refractivity (Wildman–Crippen MR) is 68.3 cm³/mol. The van der Waals surface area contributed by atoms with E-state index < -0.39 is 22.9 Å². The quantitative estimate of drug-likeness (QED) is 0.624. The number of alkyl halides is 3. The Morgan fingerprint density at radius 3 is 2.38 bits per heavy atom. The lowest BCUT2D eigenvalue weighted by atomic mass is 10.1. The second-order valence-corrected chi connectivity index (χ2v) is 4.48. The molecule has 2 aromatic carbocycles. The Hall–Kier alpha value is -2.70. The van der Waals surface area contributed by atoms with Gasteiger partial charge in [-0.15, -0.1) is 0 Å². The molecule has 1 heterocycles. The monoisotopic (exact) mass is 296 g/mol. The van der Waals surface area contributed by atoms with E-state index in [1.807, 2.05) is 0 Å². The molecule has 0 aliphatic rings. The van der Waals surface area contributed by atoms with E-state index in [0.717, 1.165) is 24.3 Å². The molecule has 0 saturated heterocycles. The van der Waals surface area contributed by atoms with E-state index in [-0.39, 0.29) is 27.7 Å². The Kier molecular flexibility index (Phi) is 2.62. The van der Waals surface area contributed by atoms with Crippen LogP contribution in [0.4, 0.5) is 13.2 Å². The highest BCUT2D eigenvalue weighted by Gasteiger charge is 2.31. The van der Waals surface area contributed by atoms with Crippen LogP contribution < -0.4 is 5.43 Å². The Morgan fingerprint density at radius 1 is 1.00 bits per heavy atom. The van der Waals surface area contributed by atoms with Gasteiger partial charge >= 0.3 is 6.18 Å². The number of aromatic hydroxyl groups is 2. The molecule has 0 aliphatic heterocycles. The topological polar surface area (TPSA) is 70.7 Å². The number of rotatable bonds is 0. The lowest BCUT2D eigenvalue weighted by molar-refractivity contribution is -0.137. The van der Waals surface area contributed by atoms with Crippen LogP contribution in [0.25, 0.3) is 21.9 Å². The normalized spacial score (nSPS) is 12.1. The van der Waals surface area contributed by atoms with Gasteiger partial charge in [-0.1, -0.05) is 0 Å². The molecular weight excluding hydrogens is 289 g/mol. The molecule has 0 saturated carbocycles. The van der Waals surface area contributed by atoms with Crippen molar-refractivity contribution in [2.24, 2.45) is 0 Å². The highest BCUT2D eigenvalue weighted by molar-refractivity contribution is 5.93. The van der Waals surface area contributed by atoms with Crippen LogP contribution in [0.1, 0.15) is 5.56 Å². The molecule has 4 nitrogen and oxygen atoms in total. The molecule has 21 heavy (non-hydrogen) atoms. The SMILES string of the molecule is O=c1c2ccc(C(F)(F)F)cc2oc2cc(O)cc(O)c12. The first-order valence-corrected chi connectivity index (χ1v) is 5.77. The van der Waals surface area contributed by atoms with Gasteiger partial charge < -0.3 is 14.6 Å². The fourth-order valence-electron chi connectivity index (χ4n) is 2.12. The second kappa shape index (κ2) is 4.15. The molecule has 0 spiro atoms. The minimum atomic E-state index is -4.57. The summed E-state index contributed by atoms with van der Waals surface area (Å²) in [5.74, 6) is -0.866. The van der Waals surface area contributed by atoms with Crippen LogP contribution in [-0.2, 0) is 6.18 Å². The summed E-state index contributed by atoms with van der Waals surface area (Å²) in [6, 6.07) is 4.47. The summed E-state index contributed by atoms with van der Waals surface area (Å²) in [6.45, 7) is 0. The van der Waals surface area contributed by atoms with E-state index in [1.165, 1.54) is 0 Å². The summed E-state index contributed by atoms with van der Waals surface area (Å²) in [4.78, 5) is 12.2. The van der Waals surface area contributed by atoms with Crippen molar-refractivity contribution >= 4 is 21.9 Å². The molecule has 0 aliphatic carbocycles. The summed E-state index contributed by atoms with van der Waals surface area (Å²) in [5.41, 5.74) is -2.09. The van der Waals surface area contributed by atoms with Gasteiger partial charge in [-0.05, 0) is 18.2 Å². The van der Waals surface area contributed by atoms with E-state index in [4.69, 9.17) is 4.42 Å². The van der Waals surface area contributed by atoms with Crippen molar-refractivity contribution in [1.29, 1.82) is 0 Å². The van der Waals surface area contributed by atoms with Gasteiger partial charge in [-0.3, -0.25) is 4.79 Å². The van der Waals surface area contributed by atoms with Crippen molar-refractivity contribution in [3.8, 4) is 11.5 Å². The Bertz CT molecular complexity index is 925. The zero-order valence-electron chi connectivity index (χ0n) is 10.2. The third-order valence-electron chi connectivity index (χ3n) is 3.07. The summed E-state index contributed by atoms with van der Waals surface area (Å²) in [6.07, 6.45) is -4.57. The summed E-state index contributed by atoms with van der Waals surface area (Å²) in [7, 11) is 0. The Labute approximate surface area is 114 Å².